The molecule has 4 nitrogen and oxygen atoms in total. The second kappa shape index (κ2) is 7.60. The average molecular weight is 409 g/mol. The maximum Gasteiger partial charge on any atom is 0.261 e. The summed E-state index contributed by atoms with van der Waals surface area (Å²) in [4.78, 5) is 25.4. The Bertz CT molecular complexity index is 853. The molecule has 0 saturated heterocycles. The van der Waals surface area contributed by atoms with Crippen molar-refractivity contribution in [3.05, 3.63) is 57.8 Å². The molecular weight excluding hydrogens is 380 g/mol. The van der Waals surface area contributed by atoms with Crippen LogP contribution in [-0.2, 0) is 6.54 Å². The number of hydrogen-bond acceptors (Lipinski definition) is 3. The summed E-state index contributed by atoms with van der Waals surface area (Å²) in [7, 11) is 0. The topological polar surface area (TPSA) is 58.2 Å². The molecule has 0 atom stereocenters. The van der Waals surface area contributed by atoms with Gasteiger partial charge < -0.3 is 10.6 Å². The van der Waals surface area contributed by atoms with Gasteiger partial charge in [-0.05, 0) is 90.8 Å². The van der Waals surface area contributed by atoms with Gasteiger partial charge in [-0.15, -0.1) is 11.3 Å². The third-order valence-electron chi connectivity index (χ3n) is 7.20. The number of hydrogen-bond donors (Lipinski definition) is 2. The van der Waals surface area contributed by atoms with Gasteiger partial charge in [-0.1, -0.05) is 18.2 Å². The van der Waals surface area contributed by atoms with Crippen LogP contribution in [0.25, 0.3) is 0 Å². The van der Waals surface area contributed by atoms with E-state index in [4.69, 9.17) is 0 Å². The van der Waals surface area contributed by atoms with Crippen molar-refractivity contribution in [2.45, 2.75) is 45.1 Å². The van der Waals surface area contributed by atoms with Gasteiger partial charge in [0.1, 0.15) is 0 Å². The van der Waals surface area contributed by atoms with E-state index in [0.29, 0.717) is 22.4 Å². The van der Waals surface area contributed by atoms with Gasteiger partial charge in [0.15, 0.2) is 0 Å². The molecule has 0 unspecified atom stereocenters. The summed E-state index contributed by atoms with van der Waals surface area (Å²) >= 11 is 1.43. The Labute approximate surface area is 176 Å². The lowest BCUT2D eigenvalue weighted by Crippen LogP contribution is -2.51. The molecule has 1 heterocycles. The van der Waals surface area contributed by atoms with Crippen molar-refractivity contribution in [2.75, 3.05) is 6.54 Å². The zero-order valence-electron chi connectivity index (χ0n) is 16.7. The third kappa shape index (κ3) is 3.97. The minimum atomic E-state index is -0.0580. The van der Waals surface area contributed by atoms with Crippen LogP contribution in [0.4, 0.5) is 0 Å². The summed E-state index contributed by atoms with van der Waals surface area (Å²) in [5, 5.41) is 8.05. The molecule has 6 rings (SSSR count). The van der Waals surface area contributed by atoms with Gasteiger partial charge in [0.2, 0.25) is 0 Å². The smallest absolute Gasteiger partial charge is 0.261 e. The molecule has 2 aromatic rings. The van der Waals surface area contributed by atoms with E-state index in [1.165, 1.54) is 49.9 Å². The normalized spacial score (nSPS) is 29.6. The molecule has 1 aromatic carbocycles. The fourth-order valence-electron chi connectivity index (χ4n) is 6.33. The highest BCUT2D eigenvalue weighted by molar-refractivity contribution is 7.12. The van der Waals surface area contributed by atoms with Gasteiger partial charge in [0, 0.05) is 18.7 Å². The van der Waals surface area contributed by atoms with E-state index in [-0.39, 0.29) is 11.8 Å². The summed E-state index contributed by atoms with van der Waals surface area (Å²) in [5.74, 6) is 2.68. The number of thiophene rings is 1. The van der Waals surface area contributed by atoms with Gasteiger partial charge in [-0.25, -0.2) is 0 Å². The quantitative estimate of drug-likeness (QED) is 0.732. The number of benzene rings is 1. The number of nitrogens with one attached hydrogen (secondary N) is 2. The summed E-state index contributed by atoms with van der Waals surface area (Å²) < 4.78 is 0. The van der Waals surface area contributed by atoms with Crippen molar-refractivity contribution in [1.29, 1.82) is 0 Å². The van der Waals surface area contributed by atoms with Crippen molar-refractivity contribution in [3.63, 3.8) is 0 Å². The number of amides is 2. The van der Waals surface area contributed by atoms with Crippen LogP contribution in [0.5, 0.6) is 0 Å². The van der Waals surface area contributed by atoms with Crippen LogP contribution in [0.15, 0.2) is 41.8 Å². The molecule has 29 heavy (non-hydrogen) atoms. The first kappa shape index (κ1) is 18.9. The SMILES string of the molecule is O=C(NCC12CC3CC(CC(C3)C1)C2)c1ccc(CNC(=O)c2cccs2)cc1. The fraction of sp³-hybridized carbons (Fsp3) is 0.500. The second-order valence-corrected chi connectivity index (χ2v) is 10.4. The van der Waals surface area contributed by atoms with Crippen LogP contribution < -0.4 is 10.6 Å². The molecule has 5 heteroatoms. The Morgan fingerprint density at radius 3 is 2.14 bits per heavy atom. The largest absolute Gasteiger partial charge is 0.351 e. The standard InChI is InChI=1S/C24H28N2O2S/c27-22(26-15-24-11-17-8-18(12-24)10-19(9-17)13-24)20-5-3-16(4-6-20)14-25-23(28)21-2-1-7-29-21/h1-7,17-19H,8-15H2,(H,25,28)(H,26,27). The molecule has 4 fully saturated rings. The Morgan fingerprint density at radius 2 is 1.55 bits per heavy atom. The molecule has 0 spiro atoms. The molecule has 152 valence electrons. The van der Waals surface area contributed by atoms with Crippen LogP contribution in [0.3, 0.4) is 0 Å². The highest BCUT2D eigenvalue weighted by Gasteiger charge is 2.50. The van der Waals surface area contributed by atoms with Gasteiger partial charge in [0.25, 0.3) is 11.8 Å². The fourth-order valence-corrected chi connectivity index (χ4v) is 6.97. The van der Waals surface area contributed by atoms with Crippen LogP contribution in [0.1, 0.15) is 64.1 Å². The summed E-state index contributed by atoms with van der Waals surface area (Å²) in [5.41, 5.74) is 2.05. The van der Waals surface area contributed by atoms with Crippen molar-refractivity contribution in [1.82, 2.24) is 10.6 Å². The first-order valence-electron chi connectivity index (χ1n) is 10.8. The van der Waals surface area contributed by atoms with E-state index in [1.54, 1.807) is 0 Å². The molecule has 4 aliphatic rings. The van der Waals surface area contributed by atoms with Gasteiger partial charge >= 0.3 is 0 Å². The lowest BCUT2D eigenvalue weighted by Gasteiger charge is -2.56. The first-order valence-corrected chi connectivity index (χ1v) is 11.7. The molecule has 2 N–H and O–H groups in total. The highest BCUT2D eigenvalue weighted by Crippen LogP contribution is 2.59. The Morgan fingerprint density at radius 1 is 0.897 bits per heavy atom. The molecule has 4 bridgehead atoms. The molecule has 1 aromatic heterocycles. The molecule has 0 aliphatic heterocycles. The van der Waals surface area contributed by atoms with Gasteiger partial charge in [0.05, 0.1) is 4.88 Å². The predicted octanol–water partition coefficient (Wildman–Crippen LogP) is 4.62. The summed E-state index contributed by atoms with van der Waals surface area (Å²) in [6.07, 6.45) is 8.21. The third-order valence-corrected chi connectivity index (χ3v) is 8.07. The van der Waals surface area contributed by atoms with E-state index in [9.17, 15) is 9.59 Å². The maximum absolute atomic E-state index is 12.7. The van der Waals surface area contributed by atoms with E-state index in [1.807, 2.05) is 41.8 Å². The van der Waals surface area contributed by atoms with Crippen LogP contribution in [0, 0.1) is 23.2 Å². The van der Waals surface area contributed by atoms with E-state index < -0.39 is 0 Å². The average Bonchev–Trinajstić information content (AvgIpc) is 3.25. The molecule has 0 radical (unpaired) electrons. The van der Waals surface area contributed by atoms with Gasteiger partial charge in [-0.3, -0.25) is 9.59 Å². The lowest BCUT2D eigenvalue weighted by atomic mass is 9.49. The first-order chi connectivity index (χ1) is 14.1. The molecule has 4 aliphatic carbocycles. The Balaban J connectivity index is 1.14. The van der Waals surface area contributed by atoms with E-state index >= 15 is 0 Å². The highest BCUT2D eigenvalue weighted by atomic mass is 32.1. The number of rotatable bonds is 6. The van der Waals surface area contributed by atoms with Crippen molar-refractivity contribution < 1.29 is 9.59 Å². The monoisotopic (exact) mass is 408 g/mol. The minimum absolute atomic E-state index is 0.0231. The van der Waals surface area contributed by atoms with E-state index in [0.717, 1.165) is 29.9 Å². The number of carbonyl (C=O) groups excluding carboxylic acids is 2. The van der Waals surface area contributed by atoms with Crippen molar-refractivity contribution in [3.8, 4) is 0 Å². The van der Waals surface area contributed by atoms with Crippen LogP contribution in [-0.4, -0.2) is 18.4 Å². The predicted molar refractivity (Wildman–Crippen MR) is 115 cm³/mol. The van der Waals surface area contributed by atoms with Crippen molar-refractivity contribution in [2.24, 2.45) is 23.2 Å². The zero-order valence-corrected chi connectivity index (χ0v) is 17.5. The van der Waals surface area contributed by atoms with Crippen LogP contribution in [0.2, 0.25) is 0 Å². The molecular formula is C24H28N2O2S. The van der Waals surface area contributed by atoms with E-state index in [2.05, 4.69) is 10.6 Å². The summed E-state index contributed by atoms with van der Waals surface area (Å²) in [6, 6.07) is 11.3. The lowest BCUT2D eigenvalue weighted by molar-refractivity contribution is -0.0503. The van der Waals surface area contributed by atoms with Gasteiger partial charge in [-0.2, -0.15) is 0 Å². The van der Waals surface area contributed by atoms with Crippen LogP contribution >= 0.6 is 11.3 Å². The minimum Gasteiger partial charge on any atom is -0.351 e. The molecule has 4 saturated carbocycles. The summed E-state index contributed by atoms with van der Waals surface area (Å²) in [6.45, 7) is 1.29. The second-order valence-electron chi connectivity index (χ2n) is 9.46. The number of carbonyl (C=O) groups is 2. The molecule has 2 amide bonds. The Hall–Kier alpha value is -2.14. The Kier molecular flexibility index (Phi) is 4.94. The zero-order chi connectivity index (χ0) is 19.8. The van der Waals surface area contributed by atoms with Crippen molar-refractivity contribution >= 4 is 23.2 Å². The maximum atomic E-state index is 12.7.